The summed E-state index contributed by atoms with van der Waals surface area (Å²) in [6.07, 6.45) is -0.159. The van der Waals surface area contributed by atoms with Crippen molar-refractivity contribution in [3.63, 3.8) is 0 Å². The fraction of sp³-hybridized carbons (Fsp3) is 0.333. The molecule has 0 aliphatic heterocycles. The number of hydrogen-bond donors (Lipinski definition) is 1. The molecule has 0 bridgehead atoms. The van der Waals surface area contributed by atoms with Crippen LogP contribution in [0, 0.1) is 0 Å². The zero-order chi connectivity index (χ0) is 11.5. The Hall–Kier alpha value is -1.68. The highest BCUT2D eigenvalue weighted by atomic mass is 16.3. The van der Waals surface area contributed by atoms with E-state index >= 15 is 0 Å². The Bertz CT molecular complexity index is 505. The molecule has 0 aliphatic rings. The third-order valence-corrected chi connectivity index (χ3v) is 2.60. The van der Waals surface area contributed by atoms with Gasteiger partial charge in [-0.05, 0) is 19.1 Å². The number of imidazole rings is 1. The minimum absolute atomic E-state index is 0.270. The summed E-state index contributed by atoms with van der Waals surface area (Å²) in [5.74, 6) is 0.753. The molecule has 4 heteroatoms. The minimum atomic E-state index is -0.970. The topological polar surface area (TPSA) is 55.1 Å². The Morgan fingerprint density at radius 1 is 1.50 bits per heavy atom. The van der Waals surface area contributed by atoms with E-state index in [0.29, 0.717) is 6.29 Å². The van der Waals surface area contributed by atoms with Crippen LogP contribution in [0.25, 0.3) is 11.0 Å². The van der Waals surface area contributed by atoms with E-state index in [2.05, 4.69) is 4.98 Å². The molecule has 0 saturated carbocycles. The molecule has 0 saturated heterocycles. The maximum Gasteiger partial charge on any atom is 0.148 e. The number of rotatable bonds is 4. The predicted octanol–water partition coefficient (Wildman–Crippen LogP) is 1.16. The Labute approximate surface area is 93.5 Å². The molecular formula is C12H14N2O2. The quantitative estimate of drug-likeness (QED) is 0.783. The van der Waals surface area contributed by atoms with Crippen LogP contribution in [-0.4, -0.2) is 27.0 Å². The van der Waals surface area contributed by atoms with Crippen molar-refractivity contribution in [1.82, 2.24) is 9.55 Å². The first-order valence-electron chi connectivity index (χ1n) is 5.33. The fourth-order valence-corrected chi connectivity index (χ4v) is 1.87. The summed E-state index contributed by atoms with van der Waals surface area (Å²) in [6, 6.07) is 7.80. The van der Waals surface area contributed by atoms with Gasteiger partial charge in [-0.1, -0.05) is 12.1 Å². The number of benzene rings is 1. The second-order valence-corrected chi connectivity index (χ2v) is 3.67. The van der Waals surface area contributed by atoms with Crippen molar-refractivity contribution < 1.29 is 9.90 Å². The zero-order valence-electron chi connectivity index (χ0n) is 9.13. The molecule has 4 nitrogen and oxygen atoms in total. The molecule has 1 unspecified atom stereocenters. The van der Waals surface area contributed by atoms with Crippen LogP contribution in [0.15, 0.2) is 24.3 Å². The average molecular weight is 218 g/mol. The fourth-order valence-electron chi connectivity index (χ4n) is 1.87. The van der Waals surface area contributed by atoms with Gasteiger partial charge in [0.2, 0.25) is 0 Å². The van der Waals surface area contributed by atoms with Gasteiger partial charge in [-0.15, -0.1) is 0 Å². The van der Waals surface area contributed by atoms with E-state index in [0.717, 1.165) is 23.4 Å². The summed E-state index contributed by atoms with van der Waals surface area (Å²) in [5.41, 5.74) is 1.94. The largest absolute Gasteiger partial charge is 0.385 e. The summed E-state index contributed by atoms with van der Waals surface area (Å²) in [4.78, 5) is 14.9. The van der Waals surface area contributed by atoms with Crippen LogP contribution in [-0.2, 0) is 17.8 Å². The highest BCUT2D eigenvalue weighted by Gasteiger charge is 2.12. The van der Waals surface area contributed by atoms with Crippen LogP contribution in [0.1, 0.15) is 12.7 Å². The van der Waals surface area contributed by atoms with Gasteiger partial charge >= 0.3 is 0 Å². The van der Waals surface area contributed by atoms with Gasteiger partial charge < -0.3 is 14.5 Å². The third-order valence-electron chi connectivity index (χ3n) is 2.60. The van der Waals surface area contributed by atoms with Crippen LogP contribution in [0.3, 0.4) is 0 Å². The van der Waals surface area contributed by atoms with E-state index in [1.54, 1.807) is 0 Å². The Morgan fingerprint density at radius 3 is 2.94 bits per heavy atom. The molecule has 1 N–H and O–H groups in total. The first-order valence-corrected chi connectivity index (χ1v) is 5.33. The second-order valence-electron chi connectivity index (χ2n) is 3.67. The van der Waals surface area contributed by atoms with Gasteiger partial charge in [0.15, 0.2) is 0 Å². The Morgan fingerprint density at radius 2 is 2.25 bits per heavy atom. The highest BCUT2D eigenvalue weighted by molar-refractivity contribution is 5.76. The van der Waals surface area contributed by atoms with Crippen molar-refractivity contribution in [1.29, 1.82) is 0 Å². The second kappa shape index (κ2) is 4.45. The van der Waals surface area contributed by atoms with Crippen LogP contribution >= 0.6 is 0 Å². The van der Waals surface area contributed by atoms with Gasteiger partial charge in [-0.3, -0.25) is 0 Å². The van der Waals surface area contributed by atoms with E-state index in [-0.39, 0.29) is 6.42 Å². The molecule has 1 aromatic heterocycles. The highest BCUT2D eigenvalue weighted by Crippen LogP contribution is 2.16. The van der Waals surface area contributed by atoms with Crippen LogP contribution in [0.4, 0.5) is 0 Å². The normalized spacial score (nSPS) is 12.9. The summed E-state index contributed by atoms with van der Waals surface area (Å²) in [6.45, 7) is 2.80. The zero-order valence-corrected chi connectivity index (χ0v) is 9.13. The number of carbonyl (C=O) groups excluding carboxylic acids is 1. The van der Waals surface area contributed by atoms with Gasteiger partial charge in [0.05, 0.1) is 11.0 Å². The van der Waals surface area contributed by atoms with Crippen LogP contribution < -0.4 is 0 Å². The molecule has 0 fully saturated rings. The van der Waals surface area contributed by atoms with Crippen molar-refractivity contribution in [2.75, 3.05) is 0 Å². The number of aliphatic hydroxyl groups is 1. The number of para-hydroxylation sites is 2. The van der Waals surface area contributed by atoms with E-state index in [4.69, 9.17) is 0 Å². The lowest BCUT2D eigenvalue weighted by molar-refractivity contribution is -0.114. The first-order chi connectivity index (χ1) is 7.76. The minimum Gasteiger partial charge on any atom is -0.385 e. The van der Waals surface area contributed by atoms with Gasteiger partial charge in [0.25, 0.3) is 0 Å². The molecule has 16 heavy (non-hydrogen) atoms. The van der Waals surface area contributed by atoms with Crippen molar-refractivity contribution in [3.05, 3.63) is 30.1 Å². The molecule has 2 aromatic rings. The molecule has 1 heterocycles. The maximum atomic E-state index is 10.4. The van der Waals surface area contributed by atoms with Crippen LogP contribution in [0.2, 0.25) is 0 Å². The van der Waals surface area contributed by atoms with Gasteiger partial charge in [0.1, 0.15) is 18.2 Å². The van der Waals surface area contributed by atoms with Crippen molar-refractivity contribution in [2.24, 2.45) is 0 Å². The number of fused-ring (bicyclic) bond motifs is 1. The van der Waals surface area contributed by atoms with Crippen molar-refractivity contribution in [3.8, 4) is 0 Å². The molecular weight excluding hydrogens is 204 g/mol. The van der Waals surface area contributed by atoms with Crippen LogP contribution in [0.5, 0.6) is 0 Å². The van der Waals surface area contributed by atoms with Crippen molar-refractivity contribution in [2.45, 2.75) is 26.0 Å². The monoisotopic (exact) mass is 218 g/mol. The number of nitrogens with zero attached hydrogens (tertiary/aromatic N) is 2. The maximum absolute atomic E-state index is 10.4. The summed E-state index contributed by atoms with van der Waals surface area (Å²) >= 11 is 0. The standard InChI is InChI=1S/C12H14N2O2/c1-2-14-11-6-4-3-5-10(11)13-12(14)7-9(16)8-15/h3-6,8-9,16H,2,7H2,1H3. The summed E-state index contributed by atoms with van der Waals surface area (Å²) < 4.78 is 2.02. The van der Waals surface area contributed by atoms with Gasteiger partial charge in [0, 0.05) is 13.0 Å². The molecule has 0 aliphatic carbocycles. The van der Waals surface area contributed by atoms with Gasteiger partial charge in [-0.25, -0.2) is 4.98 Å². The lowest BCUT2D eigenvalue weighted by Gasteiger charge is -2.06. The molecule has 0 radical (unpaired) electrons. The molecule has 84 valence electrons. The molecule has 2 rings (SSSR count). The molecule has 1 aromatic carbocycles. The number of carbonyl (C=O) groups is 1. The SMILES string of the molecule is CCn1c(CC(O)C=O)nc2ccccc21. The lowest BCUT2D eigenvalue weighted by Crippen LogP contribution is -2.15. The number of aryl methyl sites for hydroxylation is 1. The third kappa shape index (κ3) is 1.84. The number of aromatic nitrogens is 2. The molecule has 1 atom stereocenters. The number of hydrogen-bond acceptors (Lipinski definition) is 3. The summed E-state index contributed by atoms with van der Waals surface area (Å²) in [5, 5.41) is 9.34. The Balaban J connectivity index is 2.48. The Kier molecular flexibility index (Phi) is 3.01. The summed E-state index contributed by atoms with van der Waals surface area (Å²) in [7, 11) is 0. The smallest absolute Gasteiger partial charge is 0.148 e. The average Bonchev–Trinajstić information content (AvgIpc) is 2.65. The van der Waals surface area contributed by atoms with Gasteiger partial charge in [-0.2, -0.15) is 0 Å². The van der Waals surface area contributed by atoms with E-state index < -0.39 is 6.10 Å². The lowest BCUT2D eigenvalue weighted by atomic mass is 10.2. The number of aliphatic hydroxyl groups excluding tert-OH is 1. The number of aldehydes is 1. The van der Waals surface area contributed by atoms with Crippen molar-refractivity contribution >= 4 is 17.3 Å². The molecule has 0 spiro atoms. The molecule has 0 amide bonds. The van der Waals surface area contributed by atoms with E-state index in [1.165, 1.54) is 0 Å². The first kappa shape index (κ1) is 10.8. The van der Waals surface area contributed by atoms with E-state index in [9.17, 15) is 9.90 Å². The van der Waals surface area contributed by atoms with E-state index in [1.807, 2.05) is 35.8 Å². The predicted molar refractivity (Wildman–Crippen MR) is 61.2 cm³/mol.